The lowest BCUT2D eigenvalue weighted by molar-refractivity contribution is 0.126. The van der Waals surface area contributed by atoms with Gasteiger partial charge in [-0.3, -0.25) is 0 Å². The monoisotopic (exact) mass is 216 g/mol. The molecule has 0 bridgehead atoms. The second-order valence-electron chi connectivity index (χ2n) is 5.45. The van der Waals surface area contributed by atoms with Gasteiger partial charge in [-0.25, -0.2) is 0 Å². The molecule has 1 aliphatic carbocycles. The number of aliphatic hydroxyl groups excluding tert-OH is 1. The molecule has 0 saturated carbocycles. The number of rotatable bonds is 1. The van der Waals surface area contributed by atoms with Gasteiger partial charge in [0.15, 0.2) is 0 Å². The smallest absolute Gasteiger partial charge is 0.0760 e. The first kappa shape index (κ1) is 11.4. The van der Waals surface area contributed by atoms with Crippen molar-refractivity contribution >= 4 is 5.57 Å². The summed E-state index contributed by atoms with van der Waals surface area (Å²) in [5.41, 5.74) is 3.83. The Morgan fingerprint density at radius 3 is 2.12 bits per heavy atom. The van der Waals surface area contributed by atoms with Gasteiger partial charge in [-0.1, -0.05) is 56.7 Å². The Labute approximate surface area is 97.8 Å². The van der Waals surface area contributed by atoms with E-state index in [4.69, 9.17) is 0 Å². The van der Waals surface area contributed by atoms with Crippen LogP contribution in [0.4, 0.5) is 0 Å². The van der Waals surface area contributed by atoms with E-state index in [9.17, 15) is 5.11 Å². The fourth-order valence-electron chi connectivity index (χ4n) is 2.40. The predicted molar refractivity (Wildman–Crippen MR) is 68.1 cm³/mol. The first-order valence-corrected chi connectivity index (χ1v) is 5.90. The minimum atomic E-state index is -0.314. The van der Waals surface area contributed by atoms with Gasteiger partial charge in [-0.2, -0.15) is 0 Å². The third kappa shape index (κ3) is 1.69. The van der Waals surface area contributed by atoms with E-state index in [-0.39, 0.29) is 17.4 Å². The average molecular weight is 216 g/mol. The maximum atomic E-state index is 9.94. The van der Waals surface area contributed by atoms with Crippen LogP contribution in [0.15, 0.2) is 30.3 Å². The Balaban J connectivity index is 2.42. The molecule has 86 valence electrons. The van der Waals surface area contributed by atoms with Crippen molar-refractivity contribution in [2.75, 3.05) is 0 Å². The summed E-state index contributed by atoms with van der Waals surface area (Å²) >= 11 is 0. The number of benzene rings is 1. The topological polar surface area (TPSA) is 20.2 Å². The number of aliphatic hydroxyl groups is 1. The van der Waals surface area contributed by atoms with Crippen LogP contribution >= 0.6 is 0 Å². The molecule has 1 aromatic carbocycles. The number of hydrogen-bond acceptors (Lipinski definition) is 1. The lowest BCUT2D eigenvalue weighted by Crippen LogP contribution is -2.24. The Morgan fingerprint density at radius 2 is 1.69 bits per heavy atom. The summed E-state index contributed by atoms with van der Waals surface area (Å²) in [5, 5.41) is 9.94. The van der Waals surface area contributed by atoms with Crippen molar-refractivity contribution in [2.45, 2.75) is 33.8 Å². The normalized spacial score (nSPS) is 27.9. The highest BCUT2D eigenvalue weighted by atomic mass is 16.3. The van der Waals surface area contributed by atoms with Gasteiger partial charge in [0.2, 0.25) is 0 Å². The predicted octanol–water partition coefficient (Wildman–Crippen LogP) is 3.42. The van der Waals surface area contributed by atoms with Crippen LogP contribution in [-0.4, -0.2) is 11.2 Å². The summed E-state index contributed by atoms with van der Waals surface area (Å²) in [7, 11) is 0. The summed E-state index contributed by atoms with van der Waals surface area (Å²) in [6, 6.07) is 8.55. The van der Waals surface area contributed by atoms with E-state index in [1.54, 1.807) is 0 Å². The molecule has 0 radical (unpaired) electrons. The second kappa shape index (κ2) is 3.74. The molecule has 0 heterocycles. The van der Waals surface area contributed by atoms with Gasteiger partial charge in [0.05, 0.1) is 6.10 Å². The molecule has 1 aromatic rings. The molecular weight excluding hydrogens is 196 g/mol. The quantitative estimate of drug-likeness (QED) is 0.762. The Bertz CT molecular complexity index is 412. The number of hydrogen-bond donors (Lipinski definition) is 1. The van der Waals surface area contributed by atoms with E-state index in [1.165, 1.54) is 16.7 Å². The highest BCUT2D eigenvalue weighted by Gasteiger charge is 2.40. The highest BCUT2D eigenvalue weighted by molar-refractivity contribution is 5.73. The van der Waals surface area contributed by atoms with Crippen molar-refractivity contribution in [1.82, 2.24) is 0 Å². The summed E-state index contributed by atoms with van der Waals surface area (Å²) in [6.45, 7) is 8.62. The number of aryl methyl sites for hydroxylation is 1. The molecule has 0 spiro atoms. The van der Waals surface area contributed by atoms with Gasteiger partial charge < -0.3 is 5.11 Å². The van der Waals surface area contributed by atoms with E-state index in [1.807, 2.05) is 6.08 Å². The molecular formula is C15H20O. The molecule has 1 unspecified atom stereocenters. The van der Waals surface area contributed by atoms with Crippen LogP contribution in [0, 0.1) is 18.3 Å². The van der Waals surface area contributed by atoms with E-state index in [0.717, 1.165) is 0 Å². The Morgan fingerprint density at radius 1 is 1.12 bits per heavy atom. The van der Waals surface area contributed by atoms with Crippen LogP contribution in [0.2, 0.25) is 0 Å². The summed E-state index contributed by atoms with van der Waals surface area (Å²) in [6.07, 6.45) is 1.70. The van der Waals surface area contributed by atoms with Crippen molar-refractivity contribution in [3.05, 3.63) is 41.5 Å². The molecule has 1 nitrogen and oxygen atoms in total. The first-order chi connectivity index (χ1) is 7.43. The van der Waals surface area contributed by atoms with Gasteiger partial charge in [-0.15, -0.1) is 0 Å². The Kier molecular flexibility index (Phi) is 2.67. The van der Waals surface area contributed by atoms with Gasteiger partial charge >= 0.3 is 0 Å². The zero-order valence-electron chi connectivity index (χ0n) is 10.5. The van der Waals surface area contributed by atoms with E-state index < -0.39 is 0 Å². The fourth-order valence-corrected chi connectivity index (χ4v) is 2.40. The summed E-state index contributed by atoms with van der Waals surface area (Å²) < 4.78 is 0. The zero-order chi connectivity index (χ0) is 11.9. The molecule has 16 heavy (non-hydrogen) atoms. The molecule has 2 atom stereocenters. The third-order valence-corrected chi connectivity index (χ3v) is 4.04. The third-order valence-electron chi connectivity index (χ3n) is 4.04. The van der Waals surface area contributed by atoms with Gasteiger partial charge in [0.1, 0.15) is 0 Å². The van der Waals surface area contributed by atoms with E-state index in [0.29, 0.717) is 0 Å². The molecule has 0 amide bonds. The largest absolute Gasteiger partial charge is 0.389 e. The lowest BCUT2D eigenvalue weighted by Gasteiger charge is -2.29. The SMILES string of the molecule is Cc1ccc(C2=CC(O)[C@H](C)C2(C)C)cc1. The molecule has 2 rings (SSSR count). The molecule has 0 fully saturated rings. The minimum Gasteiger partial charge on any atom is -0.389 e. The van der Waals surface area contributed by atoms with Crippen LogP contribution in [0.5, 0.6) is 0 Å². The van der Waals surface area contributed by atoms with Crippen molar-refractivity contribution < 1.29 is 5.11 Å². The van der Waals surface area contributed by atoms with Crippen LogP contribution < -0.4 is 0 Å². The molecule has 1 heteroatoms. The van der Waals surface area contributed by atoms with Crippen LogP contribution in [0.25, 0.3) is 5.57 Å². The van der Waals surface area contributed by atoms with Gasteiger partial charge in [-0.05, 0) is 29.4 Å². The minimum absolute atomic E-state index is 0.0503. The Hall–Kier alpha value is -1.08. The summed E-state index contributed by atoms with van der Waals surface area (Å²) in [4.78, 5) is 0. The van der Waals surface area contributed by atoms with E-state index >= 15 is 0 Å². The standard InChI is InChI=1S/C15H20O/c1-10-5-7-12(8-6-10)13-9-14(16)11(2)15(13,3)4/h5-9,11,14,16H,1-4H3/t11-,14?/m0/s1. The zero-order valence-corrected chi connectivity index (χ0v) is 10.5. The molecule has 0 aromatic heterocycles. The van der Waals surface area contributed by atoms with Gasteiger partial charge in [0.25, 0.3) is 0 Å². The van der Waals surface area contributed by atoms with Crippen molar-refractivity contribution in [2.24, 2.45) is 11.3 Å². The fraction of sp³-hybridized carbons (Fsp3) is 0.467. The highest BCUT2D eigenvalue weighted by Crippen LogP contribution is 2.47. The van der Waals surface area contributed by atoms with Gasteiger partial charge in [0, 0.05) is 0 Å². The lowest BCUT2D eigenvalue weighted by atomic mass is 9.75. The van der Waals surface area contributed by atoms with Crippen LogP contribution in [0.3, 0.4) is 0 Å². The first-order valence-electron chi connectivity index (χ1n) is 5.90. The van der Waals surface area contributed by atoms with Crippen LogP contribution in [0.1, 0.15) is 31.9 Å². The second-order valence-corrected chi connectivity index (χ2v) is 5.45. The van der Waals surface area contributed by atoms with Crippen molar-refractivity contribution in [3.63, 3.8) is 0 Å². The van der Waals surface area contributed by atoms with Crippen LogP contribution in [-0.2, 0) is 0 Å². The molecule has 1 N–H and O–H groups in total. The maximum absolute atomic E-state index is 9.94. The number of allylic oxidation sites excluding steroid dienone is 1. The summed E-state index contributed by atoms with van der Waals surface area (Å²) in [5.74, 6) is 0.281. The molecule has 0 saturated heterocycles. The average Bonchev–Trinajstić information content (AvgIpc) is 2.44. The molecule has 0 aliphatic heterocycles. The maximum Gasteiger partial charge on any atom is 0.0760 e. The van der Waals surface area contributed by atoms with Crippen molar-refractivity contribution in [1.29, 1.82) is 0 Å². The van der Waals surface area contributed by atoms with E-state index in [2.05, 4.69) is 52.0 Å². The molecule has 1 aliphatic rings. The van der Waals surface area contributed by atoms with Crippen molar-refractivity contribution in [3.8, 4) is 0 Å².